The molecule has 1 rings (SSSR count). The molecule has 0 aromatic heterocycles. The van der Waals surface area contributed by atoms with Crippen molar-refractivity contribution in [1.82, 2.24) is 5.32 Å². The van der Waals surface area contributed by atoms with E-state index < -0.39 is 6.17 Å². The number of hydrogen-bond acceptors (Lipinski definition) is 1. The molecule has 0 amide bonds. The molecule has 0 aromatic rings. The molecule has 2 unspecified atom stereocenters. The number of rotatable bonds is 3. The zero-order valence-corrected chi connectivity index (χ0v) is 9.78. The second-order valence-electron chi connectivity index (χ2n) is 5.67. The first-order valence-corrected chi connectivity index (χ1v) is 5.86. The molecule has 0 aliphatic carbocycles. The minimum Gasteiger partial charge on any atom is -0.311 e. The summed E-state index contributed by atoms with van der Waals surface area (Å²) in [5.74, 6) is 0. The molecular weight excluding hydrogens is 177 g/mol. The molecule has 0 spiro atoms. The lowest BCUT2D eigenvalue weighted by atomic mass is 9.87. The van der Waals surface area contributed by atoms with Crippen molar-refractivity contribution in [2.24, 2.45) is 5.41 Å². The third-order valence-corrected chi connectivity index (χ3v) is 2.96. The average molecular weight is 201 g/mol. The van der Waals surface area contributed by atoms with Gasteiger partial charge in [-0.25, -0.2) is 4.39 Å². The largest absolute Gasteiger partial charge is 0.311 e. The molecule has 84 valence electrons. The Bertz CT molecular complexity index is 156. The quantitative estimate of drug-likeness (QED) is 0.739. The van der Waals surface area contributed by atoms with Crippen LogP contribution in [0.2, 0.25) is 0 Å². The lowest BCUT2D eigenvalue weighted by molar-refractivity contribution is 0.184. The number of alkyl halides is 1. The molecular formula is C12H24FN. The summed E-state index contributed by atoms with van der Waals surface area (Å²) in [4.78, 5) is 0. The maximum atomic E-state index is 13.8. The van der Waals surface area contributed by atoms with Crippen molar-refractivity contribution in [2.45, 2.75) is 65.1 Å². The standard InChI is InChI=1S/C12H24FN/c1-12(2,3)8-7-10(13)11-6-4-5-9-14-11/h10-11,14H,4-9H2,1-3H3. The van der Waals surface area contributed by atoms with Gasteiger partial charge >= 0.3 is 0 Å². The number of hydrogen-bond donors (Lipinski definition) is 1. The van der Waals surface area contributed by atoms with Crippen molar-refractivity contribution in [3.05, 3.63) is 0 Å². The summed E-state index contributed by atoms with van der Waals surface area (Å²) in [6.07, 6.45) is 4.46. The van der Waals surface area contributed by atoms with Crippen molar-refractivity contribution < 1.29 is 4.39 Å². The fraction of sp³-hybridized carbons (Fsp3) is 1.00. The molecule has 1 saturated heterocycles. The van der Waals surface area contributed by atoms with Gasteiger partial charge in [0.1, 0.15) is 6.17 Å². The summed E-state index contributed by atoms with van der Waals surface area (Å²) in [6, 6.07) is 0.131. The minimum absolute atomic E-state index is 0.131. The molecule has 1 aliphatic heterocycles. The van der Waals surface area contributed by atoms with Crippen LogP contribution in [0.4, 0.5) is 4.39 Å². The average Bonchev–Trinajstić information content (AvgIpc) is 2.14. The molecule has 14 heavy (non-hydrogen) atoms. The summed E-state index contributed by atoms with van der Waals surface area (Å²) in [5, 5.41) is 3.28. The fourth-order valence-corrected chi connectivity index (χ4v) is 1.96. The second-order valence-corrected chi connectivity index (χ2v) is 5.67. The number of nitrogens with one attached hydrogen (secondary N) is 1. The van der Waals surface area contributed by atoms with Gasteiger partial charge in [-0.2, -0.15) is 0 Å². The van der Waals surface area contributed by atoms with Gasteiger partial charge < -0.3 is 5.32 Å². The maximum absolute atomic E-state index is 13.8. The maximum Gasteiger partial charge on any atom is 0.115 e. The van der Waals surface area contributed by atoms with E-state index in [1.54, 1.807) is 0 Å². The van der Waals surface area contributed by atoms with Gasteiger partial charge in [0, 0.05) is 6.04 Å². The highest BCUT2D eigenvalue weighted by Gasteiger charge is 2.24. The third kappa shape index (κ3) is 4.41. The molecule has 0 aromatic carbocycles. The third-order valence-electron chi connectivity index (χ3n) is 2.96. The van der Waals surface area contributed by atoms with Gasteiger partial charge in [-0.15, -0.1) is 0 Å². The second kappa shape index (κ2) is 5.11. The van der Waals surface area contributed by atoms with E-state index in [9.17, 15) is 4.39 Å². The van der Waals surface area contributed by atoms with Crippen LogP contribution in [-0.2, 0) is 0 Å². The van der Waals surface area contributed by atoms with Crippen LogP contribution >= 0.6 is 0 Å². The predicted molar refractivity (Wildman–Crippen MR) is 59.2 cm³/mol. The van der Waals surface area contributed by atoms with Crippen LogP contribution in [-0.4, -0.2) is 18.8 Å². The van der Waals surface area contributed by atoms with Gasteiger partial charge in [-0.3, -0.25) is 0 Å². The fourth-order valence-electron chi connectivity index (χ4n) is 1.96. The van der Waals surface area contributed by atoms with E-state index in [4.69, 9.17) is 0 Å². The van der Waals surface area contributed by atoms with Crippen LogP contribution in [0.5, 0.6) is 0 Å². The predicted octanol–water partition coefficient (Wildman–Crippen LogP) is 3.29. The van der Waals surface area contributed by atoms with Gasteiger partial charge in [-0.05, 0) is 37.6 Å². The first kappa shape index (κ1) is 12.0. The molecule has 2 atom stereocenters. The summed E-state index contributed by atoms with van der Waals surface area (Å²) >= 11 is 0. The van der Waals surface area contributed by atoms with Crippen LogP contribution < -0.4 is 5.32 Å². The Balaban J connectivity index is 2.23. The Morgan fingerprint density at radius 3 is 2.57 bits per heavy atom. The van der Waals surface area contributed by atoms with Gasteiger partial charge in [0.05, 0.1) is 0 Å². The zero-order valence-electron chi connectivity index (χ0n) is 9.78. The lowest BCUT2D eigenvalue weighted by Crippen LogP contribution is -2.41. The van der Waals surface area contributed by atoms with Gasteiger partial charge in [0.2, 0.25) is 0 Å². The zero-order chi connectivity index (χ0) is 10.6. The Hall–Kier alpha value is -0.110. The van der Waals surface area contributed by atoms with Crippen molar-refractivity contribution in [2.75, 3.05) is 6.54 Å². The van der Waals surface area contributed by atoms with Crippen LogP contribution in [0, 0.1) is 5.41 Å². The molecule has 1 heterocycles. The van der Waals surface area contributed by atoms with Crippen molar-refractivity contribution in [1.29, 1.82) is 0 Å². The number of piperidine rings is 1. The SMILES string of the molecule is CC(C)(C)CCC(F)C1CCCCN1. The van der Waals surface area contributed by atoms with E-state index in [1.165, 1.54) is 12.8 Å². The topological polar surface area (TPSA) is 12.0 Å². The minimum atomic E-state index is -0.644. The van der Waals surface area contributed by atoms with Gasteiger partial charge in [-0.1, -0.05) is 27.2 Å². The molecule has 1 N–H and O–H groups in total. The smallest absolute Gasteiger partial charge is 0.115 e. The summed E-state index contributed by atoms with van der Waals surface area (Å²) < 4.78 is 13.8. The monoisotopic (exact) mass is 201 g/mol. The molecule has 0 bridgehead atoms. The highest BCUT2D eigenvalue weighted by Crippen LogP contribution is 2.25. The van der Waals surface area contributed by atoms with Crippen LogP contribution in [0.25, 0.3) is 0 Å². The lowest BCUT2D eigenvalue weighted by Gasteiger charge is -2.28. The Morgan fingerprint density at radius 2 is 2.07 bits per heavy atom. The van der Waals surface area contributed by atoms with Gasteiger partial charge in [0.15, 0.2) is 0 Å². The van der Waals surface area contributed by atoms with Crippen LogP contribution in [0.1, 0.15) is 52.9 Å². The van der Waals surface area contributed by atoms with Crippen molar-refractivity contribution in [3.63, 3.8) is 0 Å². The van der Waals surface area contributed by atoms with E-state index in [0.29, 0.717) is 6.42 Å². The Labute approximate surface area is 87.5 Å². The van der Waals surface area contributed by atoms with Crippen LogP contribution in [0.15, 0.2) is 0 Å². The van der Waals surface area contributed by atoms with Crippen LogP contribution in [0.3, 0.4) is 0 Å². The van der Waals surface area contributed by atoms with Crippen molar-refractivity contribution in [3.8, 4) is 0 Å². The Morgan fingerprint density at radius 1 is 1.36 bits per heavy atom. The first-order chi connectivity index (χ1) is 6.49. The molecule has 1 nitrogen and oxygen atoms in total. The van der Waals surface area contributed by atoms with Gasteiger partial charge in [0.25, 0.3) is 0 Å². The highest BCUT2D eigenvalue weighted by atomic mass is 19.1. The number of halogens is 1. The van der Waals surface area contributed by atoms with E-state index >= 15 is 0 Å². The summed E-state index contributed by atoms with van der Waals surface area (Å²) in [6.45, 7) is 7.52. The molecule has 0 radical (unpaired) electrons. The molecule has 2 heteroatoms. The van der Waals surface area contributed by atoms with E-state index in [-0.39, 0.29) is 11.5 Å². The van der Waals surface area contributed by atoms with E-state index in [0.717, 1.165) is 19.4 Å². The summed E-state index contributed by atoms with van der Waals surface area (Å²) in [7, 11) is 0. The molecule has 1 aliphatic rings. The van der Waals surface area contributed by atoms with E-state index in [1.807, 2.05) is 0 Å². The Kier molecular flexibility index (Phi) is 4.36. The van der Waals surface area contributed by atoms with E-state index in [2.05, 4.69) is 26.1 Å². The molecule has 1 fully saturated rings. The first-order valence-electron chi connectivity index (χ1n) is 5.86. The summed E-state index contributed by atoms with van der Waals surface area (Å²) in [5.41, 5.74) is 0.263. The highest BCUT2D eigenvalue weighted by molar-refractivity contribution is 4.80. The molecule has 0 saturated carbocycles. The van der Waals surface area contributed by atoms with Crippen molar-refractivity contribution >= 4 is 0 Å². The normalized spacial score (nSPS) is 26.1.